The quantitative estimate of drug-likeness (QED) is 0.633. The predicted molar refractivity (Wildman–Crippen MR) is 46.1 cm³/mol. The fourth-order valence-corrected chi connectivity index (χ4v) is 1.19. The molecule has 0 amide bonds. The van der Waals surface area contributed by atoms with E-state index in [0.29, 0.717) is 0 Å². The Labute approximate surface area is 83.3 Å². The van der Waals surface area contributed by atoms with Gasteiger partial charge in [0, 0.05) is 5.02 Å². The van der Waals surface area contributed by atoms with Gasteiger partial charge in [-0.3, -0.25) is 0 Å². The third-order valence-corrected chi connectivity index (χ3v) is 2.16. The van der Waals surface area contributed by atoms with E-state index in [1.54, 1.807) is 0 Å². The van der Waals surface area contributed by atoms with Crippen molar-refractivity contribution in [2.24, 2.45) is 0 Å². The lowest BCUT2D eigenvalue weighted by atomic mass is 10.1. The van der Waals surface area contributed by atoms with Gasteiger partial charge in [0.05, 0.1) is 0 Å². The Balaban J connectivity index is 2.96. The molecule has 1 aromatic carbocycles. The van der Waals surface area contributed by atoms with Crippen LogP contribution in [0.15, 0.2) is 24.3 Å². The van der Waals surface area contributed by atoms with Crippen LogP contribution in [-0.2, 0) is 0 Å². The Kier molecular flexibility index (Phi) is 3.09. The lowest BCUT2D eigenvalue weighted by molar-refractivity contribution is -0.131. The highest BCUT2D eigenvalue weighted by molar-refractivity contribution is 6.30. The molecule has 1 aromatic rings. The Bertz CT molecular complexity index is 296. The number of benzene rings is 1. The topological polar surface area (TPSA) is 0 Å². The van der Waals surface area contributed by atoms with Crippen LogP contribution in [0.1, 0.15) is 10.9 Å². The van der Waals surface area contributed by atoms with E-state index in [4.69, 9.17) is 23.2 Å². The lowest BCUT2D eigenvalue weighted by Crippen LogP contribution is -2.15. The van der Waals surface area contributed by atoms with E-state index in [2.05, 4.69) is 0 Å². The van der Waals surface area contributed by atoms with Crippen LogP contribution in [0, 0.1) is 0 Å². The van der Waals surface area contributed by atoms with Gasteiger partial charge in [-0.2, -0.15) is 13.2 Å². The van der Waals surface area contributed by atoms with Gasteiger partial charge in [-0.1, -0.05) is 23.7 Å². The van der Waals surface area contributed by atoms with Crippen LogP contribution in [-0.4, -0.2) is 6.18 Å². The smallest absolute Gasteiger partial charge is 0.169 e. The van der Waals surface area contributed by atoms with Crippen LogP contribution < -0.4 is 0 Å². The molecule has 0 bridgehead atoms. The fraction of sp³-hybridized carbons (Fsp3) is 0.250. The minimum absolute atomic E-state index is 0.0401. The van der Waals surface area contributed by atoms with Crippen molar-refractivity contribution >= 4 is 23.2 Å². The van der Waals surface area contributed by atoms with Crippen molar-refractivity contribution in [2.45, 2.75) is 11.6 Å². The number of rotatable bonds is 1. The first-order valence-electron chi connectivity index (χ1n) is 3.37. The molecule has 0 aliphatic rings. The summed E-state index contributed by atoms with van der Waals surface area (Å²) in [6, 6.07) is 5.41. The highest BCUT2D eigenvalue weighted by Crippen LogP contribution is 2.38. The van der Waals surface area contributed by atoms with Crippen LogP contribution in [0.5, 0.6) is 0 Å². The van der Waals surface area contributed by atoms with Gasteiger partial charge >= 0.3 is 6.18 Å². The van der Waals surface area contributed by atoms with E-state index in [1.807, 2.05) is 0 Å². The second-order valence-electron chi connectivity index (χ2n) is 2.46. The molecule has 0 saturated carbocycles. The Morgan fingerprint density at radius 3 is 2.31 bits per heavy atom. The Hall–Kier alpha value is -0.410. The largest absolute Gasteiger partial charge is 0.408 e. The molecule has 0 aromatic heterocycles. The summed E-state index contributed by atoms with van der Waals surface area (Å²) in [7, 11) is 0. The summed E-state index contributed by atoms with van der Waals surface area (Å²) < 4.78 is 36.3. The zero-order valence-corrected chi connectivity index (χ0v) is 7.79. The average molecular weight is 229 g/mol. The first-order valence-corrected chi connectivity index (χ1v) is 4.19. The molecule has 72 valence electrons. The van der Waals surface area contributed by atoms with E-state index >= 15 is 0 Å². The van der Waals surface area contributed by atoms with E-state index in [9.17, 15) is 13.2 Å². The van der Waals surface area contributed by atoms with E-state index < -0.39 is 11.6 Å². The number of hydrogen-bond donors (Lipinski definition) is 0. The summed E-state index contributed by atoms with van der Waals surface area (Å²) in [4.78, 5) is 0. The van der Waals surface area contributed by atoms with Gasteiger partial charge in [0.1, 0.15) is 0 Å². The van der Waals surface area contributed by atoms with Crippen molar-refractivity contribution in [2.75, 3.05) is 0 Å². The summed E-state index contributed by atoms with van der Waals surface area (Å²) in [6.07, 6.45) is -4.44. The van der Waals surface area contributed by atoms with Crippen LogP contribution in [0.2, 0.25) is 5.02 Å². The van der Waals surface area contributed by atoms with E-state index in [0.717, 1.165) is 0 Å². The fourth-order valence-electron chi connectivity index (χ4n) is 0.853. The van der Waals surface area contributed by atoms with Crippen LogP contribution >= 0.6 is 23.2 Å². The highest BCUT2D eigenvalue weighted by atomic mass is 35.5. The first-order chi connectivity index (χ1) is 5.91. The molecule has 1 unspecified atom stereocenters. The van der Waals surface area contributed by atoms with Crippen molar-refractivity contribution in [3.8, 4) is 0 Å². The molecule has 0 nitrogen and oxygen atoms in total. The number of alkyl halides is 4. The molecule has 1 rings (SSSR count). The summed E-state index contributed by atoms with van der Waals surface area (Å²) in [5, 5.41) is -1.75. The lowest BCUT2D eigenvalue weighted by Gasteiger charge is -2.13. The van der Waals surface area contributed by atoms with Crippen LogP contribution in [0.4, 0.5) is 13.2 Å². The van der Waals surface area contributed by atoms with Gasteiger partial charge in [-0.25, -0.2) is 0 Å². The molecule has 0 N–H and O–H groups in total. The van der Waals surface area contributed by atoms with Gasteiger partial charge in [-0.05, 0) is 17.7 Å². The van der Waals surface area contributed by atoms with Crippen LogP contribution in [0.3, 0.4) is 0 Å². The second kappa shape index (κ2) is 3.76. The second-order valence-corrected chi connectivity index (χ2v) is 3.33. The molecule has 5 heteroatoms. The molecule has 0 aliphatic carbocycles. The summed E-state index contributed by atoms with van der Waals surface area (Å²) >= 11 is 10.7. The molecule has 0 saturated heterocycles. The minimum atomic E-state index is -4.44. The molecule has 1 atom stereocenters. The number of halogens is 5. The van der Waals surface area contributed by atoms with Crippen molar-refractivity contribution in [3.63, 3.8) is 0 Å². The molecular formula is C8H5Cl2F3. The number of hydrogen-bond acceptors (Lipinski definition) is 0. The zero-order valence-electron chi connectivity index (χ0n) is 6.28. The normalized spacial score (nSPS) is 14.2. The maximum Gasteiger partial charge on any atom is 0.408 e. The van der Waals surface area contributed by atoms with Gasteiger partial charge < -0.3 is 0 Å². The summed E-state index contributed by atoms with van der Waals surface area (Å²) in [5.74, 6) is 0. The average Bonchev–Trinajstić information content (AvgIpc) is 2.01. The highest BCUT2D eigenvalue weighted by Gasteiger charge is 2.39. The third-order valence-electron chi connectivity index (χ3n) is 1.43. The molecule has 0 aliphatic heterocycles. The predicted octanol–water partition coefficient (Wildman–Crippen LogP) is 4.18. The van der Waals surface area contributed by atoms with Crippen molar-refractivity contribution < 1.29 is 13.2 Å². The van der Waals surface area contributed by atoms with Crippen molar-refractivity contribution in [1.82, 2.24) is 0 Å². The SMILES string of the molecule is FC(F)(F)C(Cl)c1cccc(Cl)c1. The minimum Gasteiger partial charge on any atom is -0.169 e. The van der Waals surface area contributed by atoms with Crippen molar-refractivity contribution in [3.05, 3.63) is 34.9 Å². The third kappa shape index (κ3) is 2.78. The molecule has 0 heterocycles. The Morgan fingerprint density at radius 2 is 1.85 bits per heavy atom. The maximum absolute atomic E-state index is 12.1. The standard InChI is InChI=1S/C8H5Cl2F3/c9-6-3-1-2-5(4-6)7(10)8(11,12)13/h1-4,7H. The molecule has 0 fully saturated rings. The zero-order chi connectivity index (χ0) is 10.1. The monoisotopic (exact) mass is 228 g/mol. The molecule has 0 radical (unpaired) electrons. The van der Waals surface area contributed by atoms with E-state index in [1.165, 1.54) is 24.3 Å². The van der Waals surface area contributed by atoms with Gasteiger partial charge in [0.15, 0.2) is 5.38 Å². The van der Waals surface area contributed by atoms with E-state index in [-0.39, 0.29) is 10.6 Å². The van der Waals surface area contributed by atoms with Gasteiger partial charge in [0.25, 0.3) is 0 Å². The summed E-state index contributed by atoms with van der Waals surface area (Å²) in [6.45, 7) is 0. The van der Waals surface area contributed by atoms with Gasteiger partial charge in [-0.15, -0.1) is 11.6 Å². The Morgan fingerprint density at radius 1 is 1.23 bits per heavy atom. The van der Waals surface area contributed by atoms with Crippen LogP contribution in [0.25, 0.3) is 0 Å². The molecular weight excluding hydrogens is 224 g/mol. The maximum atomic E-state index is 12.1. The first kappa shape index (κ1) is 10.7. The molecule has 13 heavy (non-hydrogen) atoms. The van der Waals surface area contributed by atoms with Gasteiger partial charge in [0.2, 0.25) is 0 Å². The summed E-state index contributed by atoms with van der Waals surface area (Å²) in [5.41, 5.74) is -0.0401. The molecule has 0 spiro atoms. The van der Waals surface area contributed by atoms with Crippen molar-refractivity contribution in [1.29, 1.82) is 0 Å².